The second-order valence-corrected chi connectivity index (χ2v) is 5.33. The number of amides is 1. The Balaban J connectivity index is 2.47. The maximum atomic E-state index is 11.6. The van der Waals surface area contributed by atoms with E-state index >= 15 is 0 Å². The van der Waals surface area contributed by atoms with Gasteiger partial charge < -0.3 is 9.87 Å². The van der Waals surface area contributed by atoms with Crippen molar-refractivity contribution in [2.45, 2.75) is 13.8 Å². The monoisotopic (exact) mass is 303 g/mol. The fourth-order valence-electron chi connectivity index (χ4n) is 2.01. The maximum absolute atomic E-state index is 11.6. The Hall–Kier alpha value is -2.18. The molecule has 1 unspecified atom stereocenters. The van der Waals surface area contributed by atoms with E-state index in [1.165, 1.54) is 11.2 Å². The molecule has 0 bridgehead atoms. The van der Waals surface area contributed by atoms with Crippen molar-refractivity contribution in [3.63, 3.8) is 0 Å². The quantitative estimate of drug-likeness (QED) is 0.883. The van der Waals surface area contributed by atoms with Gasteiger partial charge in [0.25, 0.3) is 0 Å². The molecule has 2 rings (SSSR count). The van der Waals surface area contributed by atoms with Crippen molar-refractivity contribution in [3.8, 4) is 0 Å². The molecule has 0 aliphatic heterocycles. The van der Waals surface area contributed by atoms with Gasteiger partial charge in [0.15, 0.2) is 0 Å². The standard InChI is InChI=1S/C15H16N2O3S/c1-11-6-3-4-9-15(11)17(21(19)20)14-8-5-7-13(10-14)16-12(2)18/h3-10H,1-2H3,(H,16,18)(H,19,20)/p-1. The van der Waals surface area contributed by atoms with Gasteiger partial charge in [0.1, 0.15) is 0 Å². The number of para-hydroxylation sites is 1. The number of nitrogens with one attached hydrogen (secondary N) is 1. The van der Waals surface area contributed by atoms with Gasteiger partial charge in [-0.3, -0.25) is 13.3 Å². The van der Waals surface area contributed by atoms with E-state index in [0.29, 0.717) is 17.1 Å². The molecule has 0 saturated heterocycles. The number of carbonyl (C=O) groups excluding carboxylic acids is 1. The summed E-state index contributed by atoms with van der Waals surface area (Å²) in [7, 11) is 0. The fraction of sp³-hybridized carbons (Fsp3) is 0.133. The molecule has 0 heterocycles. The van der Waals surface area contributed by atoms with E-state index in [1.807, 2.05) is 19.1 Å². The van der Waals surface area contributed by atoms with Crippen molar-refractivity contribution in [2.24, 2.45) is 0 Å². The Labute approximate surface area is 126 Å². The van der Waals surface area contributed by atoms with E-state index in [9.17, 15) is 13.6 Å². The molecular formula is C15H15N2O3S-. The first-order valence-corrected chi connectivity index (χ1v) is 7.35. The highest BCUT2D eigenvalue weighted by molar-refractivity contribution is 7.81. The van der Waals surface area contributed by atoms with Gasteiger partial charge in [-0.25, -0.2) is 0 Å². The van der Waals surface area contributed by atoms with Gasteiger partial charge in [0, 0.05) is 12.6 Å². The number of hydrogen-bond donors (Lipinski definition) is 1. The maximum Gasteiger partial charge on any atom is 0.221 e. The lowest BCUT2D eigenvalue weighted by Crippen LogP contribution is -2.20. The van der Waals surface area contributed by atoms with E-state index in [1.54, 1.807) is 36.4 Å². The van der Waals surface area contributed by atoms with Gasteiger partial charge in [-0.1, -0.05) is 24.3 Å². The Bertz CT molecular complexity index is 688. The van der Waals surface area contributed by atoms with Crippen LogP contribution < -0.4 is 9.62 Å². The average Bonchev–Trinajstić information content (AvgIpc) is 2.40. The molecule has 1 N–H and O–H groups in total. The van der Waals surface area contributed by atoms with Crippen molar-refractivity contribution in [3.05, 3.63) is 54.1 Å². The molecule has 0 fully saturated rings. The molecule has 21 heavy (non-hydrogen) atoms. The molecule has 0 radical (unpaired) electrons. The lowest BCUT2D eigenvalue weighted by molar-refractivity contribution is -0.114. The number of hydrogen-bond acceptors (Lipinski definition) is 3. The Morgan fingerprint density at radius 1 is 1.19 bits per heavy atom. The molecule has 0 aliphatic carbocycles. The highest BCUT2D eigenvalue weighted by Crippen LogP contribution is 2.30. The first-order chi connectivity index (χ1) is 9.99. The molecule has 0 aromatic heterocycles. The van der Waals surface area contributed by atoms with E-state index < -0.39 is 11.3 Å². The summed E-state index contributed by atoms with van der Waals surface area (Å²) in [6, 6.07) is 13.9. The molecule has 1 amide bonds. The zero-order valence-corrected chi connectivity index (χ0v) is 12.5. The summed E-state index contributed by atoms with van der Waals surface area (Å²) >= 11 is -2.47. The van der Waals surface area contributed by atoms with Crippen molar-refractivity contribution < 1.29 is 13.6 Å². The van der Waals surface area contributed by atoms with Crippen molar-refractivity contribution in [1.29, 1.82) is 0 Å². The van der Waals surface area contributed by atoms with Gasteiger partial charge in [0.2, 0.25) is 5.91 Å². The molecule has 1 atom stereocenters. The summed E-state index contributed by atoms with van der Waals surface area (Å²) in [5.41, 5.74) is 2.42. The summed E-state index contributed by atoms with van der Waals surface area (Å²) in [4.78, 5) is 11.1. The van der Waals surface area contributed by atoms with Crippen LogP contribution >= 0.6 is 0 Å². The molecule has 2 aromatic rings. The zero-order chi connectivity index (χ0) is 15.4. The average molecular weight is 303 g/mol. The Kier molecular flexibility index (Phi) is 4.72. The number of benzene rings is 2. The van der Waals surface area contributed by atoms with Crippen LogP contribution in [0.4, 0.5) is 17.1 Å². The fourth-order valence-corrected chi connectivity index (χ4v) is 2.66. The first kappa shape index (κ1) is 15.2. The van der Waals surface area contributed by atoms with Crippen LogP contribution in [0.1, 0.15) is 12.5 Å². The second-order valence-electron chi connectivity index (χ2n) is 4.53. The molecular weight excluding hydrogens is 288 g/mol. The lowest BCUT2D eigenvalue weighted by atomic mass is 10.2. The summed E-state index contributed by atoms with van der Waals surface area (Å²) < 4.78 is 24.4. The van der Waals surface area contributed by atoms with E-state index in [0.717, 1.165) is 5.56 Å². The third kappa shape index (κ3) is 3.68. The smallest absolute Gasteiger partial charge is 0.221 e. The van der Waals surface area contributed by atoms with Crippen molar-refractivity contribution >= 4 is 34.2 Å². The van der Waals surface area contributed by atoms with E-state index in [4.69, 9.17) is 0 Å². The Morgan fingerprint density at radius 2 is 1.90 bits per heavy atom. The van der Waals surface area contributed by atoms with Crippen LogP contribution in [0.3, 0.4) is 0 Å². The third-order valence-corrected chi connectivity index (χ3v) is 3.59. The molecule has 0 aliphatic rings. The molecule has 6 heteroatoms. The van der Waals surface area contributed by atoms with Gasteiger partial charge in [0.05, 0.1) is 22.6 Å². The normalized spacial score (nSPS) is 11.8. The van der Waals surface area contributed by atoms with Gasteiger partial charge in [-0.05, 0) is 36.8 Å². The van der Waals surface area contributed by atoms with Crippen molar-refractivity contribution in [2.75, 3.05) is 9.62 Å². The van der Waals surface area contributed by atoms with Crippen LogP contribution in [-0.2, 0) is 16.1 Å². The van der Waals surface area contributed by atoms with Crippen LogP contribution in [0.5, 0.6) is 0 Å². The summed E-state index contributed by atoms with van der Waals surface area (Å²) in [5.74, 6) is -0.210. The highest BCUT2D eigenvalue weighted by Gasteiger charge is 2.13. The molecule has 0 spiro atoms. The minimum atomic E-state index is -2.47. The number of anilines is 3. The van der Waals surface area contributed by atoms with E-state index in [2.05, 4.69) is 5.32 Å². The summed E-state index contributed by atoms with van der Waals surface area (Å²) in [5, 5.41) is 2.64. The number of rotatable bonds is 4. The van der Waals surface area contributed by atoms with Crippen LogP contribution in [0.15, 0.2) is 48.5 Å². The molecule has 110 valence electrons. The van der Waals surface area contributed by atoms with Gasteiger partial charge in [-0.2, -0.15) is 0 Å². The lowest BCUT2D eigenvalue weighted by Gasteiger charge is -2.28. The summed E-state index contributed by atoms with van der Waals surface area (Å²) in [6.45, 7) is 3.24. The number of nitrogens with zero attached hydrogens (tertiary/aromatic N) is 1. The predicted octanol–water partition coefficient (Wildman–Crippen LogP) is 2.89. The molecule has 2 aromatic carbocycles. The van der Waals surface area contributed by atoms with Crippen LogP contribution in [-0.4, -0.2) is 14.7 Å². The molecule has 5 nitrogen and oxygen atoms in total. The first-order valence-electron chi connectivity index (χ1n) is 6.32. The van der Waals surface area contributed by atoms with Crippen molar-refractivity contribution in [1.82, 2.24) is 0 Å². The van der Waals surface area contributed by atoms with E-state index in [-0.39, 0.29) is 5.91 Å². The van der Waals surface area contributed by atoms with Gasteiger partial charge in [-0.15, -0.1) is 0 Å². The number of carbonyl (C=O) groups is 1. The van der Waals surface area contributed by atoms with Crippen LogP contribution in [0, 0.1) is 6.92 Å². The number of aryl methyl sites for hydroxylation is 1. The minimum Gasteiger partial charge on any atom is -0.755 e. The minimum absolute atomic E-state index is 0.210. The SMILES string of the molecule is CC(=O)Nc1cccc(N(c2ccccc2C)S(=O)[O-])c1. The Morgan fingerprint density at radius 3 is 2.52 bits per heavy atom. The topological polar surface area (TPSA) is 72.5 Å². The summed E-state index contributed by atoms with van der Waals surface area (Å²) in [6.07, 6.45) is 0. The predicted molar refractivity (Wildman–Crippen MR) is 83.0 cm³/mol. The molecule has 0 saturated carbocycles. The largest absolute Gasteiger partial charge is 0.755 e. The van der Waals surface area contributed by atoms with Gasteiger partial charge >= 0.3 is 0 Å². The third-order valence-electron chi connectivity index (χ3n) is 2.88. The second kappa shape index (κ2) is 6.51. The zero-order valence-electron chi connectivity index (χ0n) is 11.7. The van der Waals surface area contributed by atoms with Crippen LogP contribution in [0.2, 0.25) is 0 Å². The highest BCUT2D eigenvalue weighted by atomic mass is 32.2. The van der Waals surface area contributed by atoms with Crippen LogP contribution in [0.25, 0.3) is 0 Å².